The Balaban J connectivity index is 1.77. The maximum absolute atomic E-state index is 13.7. The van der Waals surface area contributed by atoms with Gasteiger partial charge < -0.3 is 19.4 Å². The van der Waals surface area contributed by atoms with Crippen LogP contribution in [0.4, 0.5) is 5.69 Å². The van der Waals surface area contributed by atoms with Gasteiger partial charge in [-0.25, -0.2) is 4.79 Å². The smallest absolute Gasteiger partial charge is 0.355 e. The second-order valence-electron chi connectivity index (χ2n) is 11.2. The molecule has 4 aromatic rings. The Hall–Kier alpha value is -4.06. The van der Waals surface area contributed by atoms with Crippen LogP contribution < -0.4 is 10.1 Å². The highest BCUT2D eigenvalue weighted by molar-refractivity contribution is 6.13. The Kier molecular flexibility index (Phi) is 7.21. The van der Waals surface area contributed by atoms with Crippen LogP contribution in [-0.4, -0.2) is 30.2 Å². The van der Waals surface area contributed by atoms with Gasteiger partial charge in [0.15, 0.2) is 0 Å². The van der Waals surface area contributed by atoms with Gasteiger partial charge in [-0.05, 0) is 60.1 Å². The molecule has 0 unspecified atom stereocenters. The third kappa shape index (κ3) is 5.42. The van der Waals surface area contributed by atoms with E-state index in [9.17, 15) is 9.59 Å². The Bertz CT molecular complexity index is 1520. The van der Waals surface area contributed by atoms with Crippen LogP contribution in [0.25, 0.3) is 22.0 Å². The molecular weight excluding hydrogens is 488 g/mol. The minimum atomic E-state index is -0.397. The molecular formula is C33H36N2O4. The number of para-hydroxylation sites is 1. The van der Waals surface area contributed by atoms with Crippen molar-refractivity contribution in [2.45, 2.75) is 52.5 Å². The molecule has 1 fully saturated rings. The van der Waals surface area contributed by atoms with E-state index >= 15 is 0 Å². The first kappa shape index (κ1) is 26.5. The minimum absolute atomic E-state index is 0.00310. The zero-order valence-electron chi connectivity index (χ0n) is 23.3. The van der Waals surface area contributed by atoms with Gasteiger partial charge in [-0.3, -0.25) is 4.79 Å². The van der Waals surface area contributed by atoms with E-state index in [0.717, 1.165) is 46.2 Å². The zero-order valence-corrected chi connectivity index (χ0v) is 23.3. The van der Waals surface area contributed by atoms with Crippen LogP contribution in [-0.2, 0) is 21.5 Å². The van der Waals surface area contributed by atoms with Crippen molar-refractivity contribution in [3.63, 3.8) is 0 Å². The summed E-state index contributed by atoms with van der Waals surface area (Å²) in [5, 5.41) is 4.04. The second kappa shape index (κ2) is 10.6. The number of amides is 1. The van der Waals surface area contributed by atoms with Crippen molar-refractivity contribution in [2.75, 3.05) is 19.0 Å². The van der Waals surface area contributed by atoms with Crippen molar-refractivity contribution >= 4 is 28.5 Å². The Morgan fingerprint density at radius 2 is 1.72 bits per heavy atom. The van der Waals surface area contributed by atoms with E-state index < -0.39 is 5.97 Å². The largest absolute Gasteiger partial charge is 0.497 e. The summed E-state index contributed by atoms with van der Waals surface area (Å²) in [6.45, 7) is 9.01. The van der Waals surface area contributed by atoms with E-state index in [1.807, 2.05) is 54.0 Å². The summed E-state index contributed by atoms with van der Waals surface area (Å²) < 4.78 is 13.1. The van der Waals surface area contributed by atoms with Crippen LogP contribution in [0.5, 0.6) is 5.75 Å². The highest BCUT2D eigenvalue weighted by Gasteiger charge is 2.32. The molecule has 1 amide bonds. The minimum Gasteiger partial charge on any atom is -0.497 e. The molecule has 39 heavy (non-hydrogen) atoms. The molecule has 1 aliphatic rings. The maximum Gasteiger partial charge on any atom is 0.355 e. The van der Waals surface area contributed by atoms with Crippen LogP contribution in [0.1, 0.15) is 62.2 Å². The molecule has 0 aliphatic heterocycles. The lowest BCUT2D eigenvalue weighted by Gasteiger charge is -2.19. The van der Waals surface area contributed by atoms with Gasteiger partial charge in [0.05, 0.1) is 24.9 Å². The molecule has 0 atom stereocenters. The lowest BCUT2D eigenvalue weighted by atomic mass is 9.86. The summed E-state index contributed by atoms with van der Waals surface area (Å²) in [5.74, 6) is 0.411. The molecule has 0 bridgehead atoms. The number of hydrogen-bond donors (Lipinski definition) is 1. The Morgan fingerprint density at radius 1 is 1.00 bits per heavy atom. The van der Waals surface area contributed by atoms with Crippen molar-refractivity contribution in [3.05, 3.63) is 83.6 Å². The molecule has 5 rings (SSSR count). The summed E-state index contributed by atoms with van der Waals surface area (Å²) in [4.78, 5) is 26.5. The number of ether oxygens (including phenoxy) is 2. The fraction of sp³-hybridized carbons (Fsp3) is 0.333. The first-order valence-corrected chi connectivity index (χ1v) is 13.6. The summed E-state index contributed by atoms with van der Waals surface area (Å²) in [5.41, 5.74) is 5.86. The van der Waals surface area contributed by atoms with E-state index in [4.69, 9.17) is 9.47 Å². The molecule has 6 heteroatoms. The Morgan fingerprint density at radius 3 is 2.36 bits per heavy atom. The number of fused-ring (bicyclic) bond motifs is 1. The predicted molar refractivity (Wildman–Crippen MR) is 155 cm³/mol. The van der Waals surface area contributed by atoms with Crippen LogP contribution >= 0.6 is 0 Å². The third-order valence-corrected chi connectivity index (χ3v) is 7.27. The predicted octanol–water partition coefficient (Wildman–Crippen LogP) is 7.19. The van der Waals surface area contributed by atoms with Crippen LogP contribution in [0.3, 0.4) is 0 Å². The third-order valence-electron chi connectivity index (χ3n) is 7.27. The number of carbonyl (C=O) groups is 2. The van der Waals surface area contributed by atoms with E-state index in [0.29, 0.717) is 17.9 Å². The number of aromatic nitrogens is 1. The summed E-state index contributed by atoms with van der Waals surface area (Å²) in [7, 11) is 1.64. The molecule has 1 heterocycles. The highest BCUT2D eigenvalue weighted by Crippen LogP contribution is 2.41. The number of hydrogen-bond acceptors (Lipinski definition) is 4. The average Bonchev–Trinajstić information content (AvgIpc) is 3.72. The molecule has 6 nitrogen and oxygen atoms in total. The lowest BCUT2D eigenvalue weighted by molar-refractivity contribution is -0.117. The van der Waals surface area contributed by atoms with E-state index in [1.54, 1.807) is 7.11 Å². The van der Waals surface area contributed by atoms with Crippen molar-refractivity contribution in [1.29, 1.82) is 0 Å². The van der Waals surface area contributed by atoms with Gasteiger partial charge in [0.2, 0.25) is 5.91 Å². The average molecular weight is 525 g/mol. The van der Waals surface area contributed by atoms with Crippen molar-refractivity contribution in [2.24, 2.45) is 5.92 Å². The first-order valence-electron chi connectivity index (χ1n) is 13.6. The number of anilines is 1. The number of nitrogens with one attached hydrogen (secondary N) is 1. The molecule has 0 radical (unpaired) electrons. The standard InChI is InChI=1S/C33H36N2O4/c1-6-39-32(37)30-28(22-15-17-24(18-16-22)33(2,3)4)26-11-8-12-27(34-31(36)23-13-14-23)29(26)35(30)20-21-9-7-10-25(19-21)38-5/h7-12,15-19,23H,6,13-14,20H2,1-5H3,(H,34,36). The molecule has 1 N–H and O–H groups in total. The molecule has 1 aliphatic carbocycles. The van der Waals surface area contributed by atoms with Crippen molar-refractivity contribution in [3.8, 4) is 16.9 Å². The molecule has 1 aromatic heterocycles. The van der Waals surface area contributed by atoms with E-state index in [1.165, 1.54) is 5.56 Å². The molecule has 3 aromatic carbocycles. The topological polar surface area (TPSA) is 69.6 Å². The van der Waals surface area contributed by atoms with Gasteiger partial charge in [-0.1, -0.05) is 69.3 Å². The van der Waals surface area contributed by atoms with Crippen molar-refractivity contribution in [1.82, 2.24) is 4.57 Å². The van der Waals surface area contributed by atoms with Gasteiger partial charge in [-0.15, -0.1) is 0 Å². The highest BCUT2D eigenvalue weighted by atomic mass is 16.5. The Labute approximate surface area is 229 Å². The molecule has 0 saturated heterocycles. The van der Waals surface area contributed by atoms with E-state index in [2.05, 4.69) is 50.4 Å². The van der Waals surface area contributed by atoms with Crippen LogP contribution in [0.2, 0.25) is 0 Å². The summed E-state index contributed by atoms with van der Waals surface area (Å²) >= 11 is 0. The van der Waals surface area contributed by atoms with Gasteiger partial charge in [0.1, 0.15) is 11.4 Å². The van der Waals surface area contributed by atoms with Gasteiger partial charge >= 0.3 is 5.97 Å². The van der Waals surface area contributed by atoms with Gasteiger partial charge in [0, 0.05) is 23.4 Å². The molecule has 202 valence electrons. The molecule has 0 spiro atoms. The number of benzene rings is 3. The van der Waals surface area contributed by atoms with Crippen molar-refractivity contribution < 1.29 is 19.1 Å². The monoisotopic (exact) mass is 524 g/mol. The van der Waals surface area contributed by atoms with Crippen LogP contribution in [0, 0.1) is 5.92 Å². The fourth-order valence-corrected chi connectivity index (χ4v) is 5.04. The zero-order chi connectivity index (χ0) is 27.7. The summed E-state index contributed by atoms with van der Waals surface area (Å²) in [6, 6.07) is 22.0. The van der Waals surface area contributed by atoms with Gasteiger partial charge in [-0.2, -0.15) is 0 Å². The number of rotatable bonds is 8. The maximum atomic E-state index is 13.7. The SMILES string of the molecule is CCOC(=O)c1c(-c2ccc(C(C)(C)C)cc2)c2cccc(NC(=O)C3CC3)c2n1Cc1cccc(OC)c1. The number of carbonyl (C=O) groups excluding carboxylic acids is 2. The van der Waals surface area contributed by atoms with Gasteiger partial charge in [0.25, 0.3) is 0 Å². The molecule has 1 saturated carbocycles. The van der Waals surface area contributed by atoms with E-state index in [-0.39, 0.29) is 23.8 Å². The number of methoxy groups -OCH3 is 1. The van der Waals surface area contributed by atoms with Crippen LogP contribution in [0.15, 0.2) is 66.7 Å². The number of esters is 1. The first-order chi connectivity index (χ1) is 18.7. The number of nitrogens with zero attached hydrogens (tertiary/aromatic N) is 1. The fourth-order valence-electron chi connectivity index (χ4n) is 5.04. The second-order valence-corrected chi connectivity index (χ2v) is 11.2. The lowest BCUT2D eigenvalue weighted by Crippen LogP contribution is -2.16. The quantitative estimate of drug-likeness (QED) is 0.248. The normalized spacial score (nSPS) is 13.4. The summed E-state index contributed by atoms with van der Waals surface area (Å²) in [6.07, 6.45) is 1.82.